The first-order valence-corrected chi connectivity index (χ1v) is 9.16. The van der Waals surface area contributed by atoms with Gasteiger partial charge in [-0.1, -0.05) is 60.7 Å². The standard InChI is InChI=1S/C22H31N3O/c1-22(2,16-19-13-9-6-10-14-19)24-21(26)23-17-20(25(3)4)15-18-11-7-5-8-12-18/h5-14,20H,15-17H2,1-4H3,(H2,23,24,26)/t20-/m1/s1. The van der Waals surface area contributed by atoms with Crippen molar-refractivity contribution in [1.29, 1.82) is 0 Å². The highest BCUT2D eigenvalue weighted by Crippen LogP contribution is 2.12. The van der Waals surface area contributed by atoms with Crippen molar-refractivity contribution in [2.75, 3.05) is 20.6 Å². The van der Waals surface area contributed by atoms with Crippen molar-refractivity contribution in [3.63, 3.8) is 0 Å². The maximum atomic E-state index is 12.4. The van der Waals surface area contributed by atoms with Crippen LogP contribution in [0.4, 0.5) is 4.79 Å². The van der Waals surface area contributed by atoms with Gasteiger partial charge >= 0.3 is 6.03 Å². The smallest absolute Gasteiger partial charge is 0.315 e. The summed E-state index contributed by atoms with van der Waals surface area (Å²) in [5.74, 6) is 0. The molecule has 2 N–H and O–H groups in total. The van der Waals surface area contributed by atoms with Crippen LogP contribution in [0, 0.1) is 0 Å². The molecular formula is C22H31N3O. The van der Waals surface area contributed by atoms with Gasteiger partial charge in [-0.05, 0) is 51.9 Å². The van der Waals surface area contributed by atoms with Gasteiger partial charge in [0.15, 0.2) is 0 Å². The Morgan fingerprint density at radius 1 is 0.962 bits per heavy atom. The zero-order valence-electron chi connectivity index (χ0n) is 16.3. The monoisotopic (exact) mass is 353 g/mol. The Bertz CT molecular complexity index is 668. The highest BCUT2D eigenvalue weighted by Gasteiger charge is 2.21. The third-order valence-corrected chi connectivity index (χ3v) is 4.48. The molecule has 0 aliphatic heterocycles. The van der Waals surface area contributed by atoms with E-state index in [1.54, 1.807) is 0 Å². The van der Waals surface area contributed by atoms with Gasteiger partial charge in [0.25, 0.3) is 0 Å². The van der Waals surface area contributed by atoms with Crippen LogP contribution in [-0.2, 0) is 12.8 Å². The summed E-state index contributed by atoms with van der Waals surface area (Å²) in [5, 5.41) is 6.13. The molecule has 0 aliphatic carbocycles. The number of nitrogens with one attached hydrogen (secondary N) is 2. The first-order chi connectivity index (χ1) is 12.4. The van der Waals surface area contributed by atoms with E-state index in [2.05, 4.69) is 39.8 Å². The SMILES string of the molecule is CN(C)[C@@H](CNC(=O)NC(C)(C)Cc1ccccc1)Cc1ccccc1. The van der Waals surface area contributed by atoms with Crippen molar-refractivity contribution in [2.45, 2.75) is 38.3 Å². The lowest BCUT2D eigenvalue weighted by Gasteiger charge is -2.29. The van der Waals surface area contributed by atoms with E-state index < -0.39 is 0 Å². The van der Waals surface area contributed by atoms with Gasteiger partial charge < -0.3 is 15.5 Å². The number of amides is 2. The van der Waals surface area contributed by atoms with Crippen LogP contribution in [0.3, 0.4) is 0 Å². The fraction of sp³-hybridized carbons (Fsp3) is 0.409. The van der Waals surface area contributed by atoms with E-state index in [0.29, 0.717) is 6.54 Å². The van der Waals surface area contributed by atoms with E-state index in [9.17, 15) is 4.79 Å². The van der Waals surface area contributed by atoms with Crippen LogP contribution in [0.2, 0.25) is 0 Å². The summed E-state index contributed by atoms with van der Waals surface area (Å²) in [6.07, 6.45) is 1.70. The third-order valence-electron chi connectivity index (χ3n) is 4.48. The predicted octanol–water partition coefficient (Wildman–Crippen LogP) is 3.48. The molecule has 0 unspecified atom stereocenters. The first kappa shape index (κ1) is 20.0. The number of likely N-dealkylation sites (N-methyl/N-ethyl adjacent to an activating group) is 1. The second-order valence-electron chi connectivity index (χ2n) is 7.69. The molecule has 140 valence electrons. The highest BCUT2D eigenvalue weighted by atomic mass is 16.2. The fourth-order valence-corrected chi connectivity index (χ4v) is 3.04. The van der Waals surface area contributed by atoms with Crippen molar-refractivity contribution in [3.05, 3.63) is 71.8 Å². The average Bonchev–Trinajstić information content (AvgIpc) is 2.59. The van der Waals surface area contributed by atoms with E-state index in [1.165, 1.54) is 11.1 Å². The van der Waals surface area contributed by atoms with Gasteiger partial charge in [-0.2, -0.15) is 0 Å². The minimum Gasteiger partial charge on any atom is -0.337 e. The summed E-state index contributed by atoms with van der Waals surface area (Å²) in [5.41, 5.74) is 2.18. The zero-order valence-corrected chi connectivity index (χ0v) is 16.3. The molecule has 2 aromatic rings. The molecule has 0 saturated carbocycles. The molecule has 26 heavy (non-hydrogen) atoms. The Labute approximate surface area is 157 Å². The van der Waals surface area contributed by atoms with Crippen molar-refractivity contribution < 1.29 is 4.79 Å². The topological polar surface area (TPSA) is 44.4 Å². The molecule has 1 atom stereocenters. The zero-order chi connectivity index (χ0) is 19.0. The van der Waals surface area contributed by atoms with Crippen LogP contribution >= 0.6 is 0 Å². The Kier molecular flexibility index (Phi) is 7.22. The maximum Gasteiger partial charge on any atom is 0.315 e. The summed E-state index contributed by atoms with van der Waals surface area (Å²) < 4.78 is 0. The average molecular weight is 354 g/mol. The van der Waals surface area contributed by atoms with Crippen LogP contribution in [0.15, 0.2) is 60.7 Å². The predicted molar refractivity (Wildman–Crippen MR) is 108 cm³/mol. The van der Waals surface area contributed by atoms with Gasteiger partial charge in [0.2, 0.25) is 0 Å². The lowest BCUT2D eigenvalue weighted by atomic mass is 9.95. The number of urea groups is 1. The van der Waals surface area contributed by atoms with E-state index in [-0.39, 0.29) is 17.6 Å². The van der Waals surface area contributed by atoms with E-state index >= 15 is 0 Å². The number of carbonyl (C=O) groups excluding carboxylic acids is 1. The molecule has 0 fully saturated rings. The van der Waals surface area contributed by atoms with Gasteiger partial charge in [0, 0.05) is 18.1 Å². The molecule has 0 saturated heterocycles. The number of hydrogen-bond acceptors (Lipinski definition) is 2. The Hall–Kier alpha value is -2.33. The largest absolute Gasteiger partial charge is 0.337 e. The Morgan fingerprint density at radius 2 is 1.50 bits per heavy atom. The maximum absolute atomic E-state index is 12.4. The Morgan fingerprint density at radius 3 is 2.04 bits per heavy atom. The van der Waals surface area contributed by atoms with Crippen molar-refractivity contribution in [3.8, 4) is 0 Å². The van der Waals surface area contributed by atoms with Gasteiger partial charge in [-0.15, -0.1) is 0 Å². The second-order valence-corrected chi connectivity index (χ2v) is 7.69. The van der Waals surface area contributed by atoms with Gasteiger partial charge in [0.1, 0.15) is 0 Å². The first-order valence-electron chi connectivity index (χ1n) is 9.16. The van der Waals surface area contributed by atoms with E-state index in [1.807, 2.05) is 64.3 Å². The molecule has 0 spiro atoms. The fourth-order valence-electron chi connectivity index (χ4n) is 3.04. The summed E-state index contributed by atoms with van der Waals surface area (Å²) >= 11 is 0. The van der Waals surface area contributed by atoms with Gasteiger partial charge in [-0.3, -0.25) is 0 Å². The number of benzene rings is 2. The van der Waals surface area contributed by atoms with E-state index in [4.69, 9.17) is 0 Å². The highest BCUT2D eigenvalue weighted by molar-refractivity contribution is 5.74. The summed E-state index contributed by atoms with van der Waals surface area (Å²) in [6.45, 7) is 4.70. The minimum absolute atomic E-state index is 0.120. The lowest BCUT2D eigenvalue weighted by Crippen LogP contribution is -2.52. The number of rotatable bonds is 8. The molecule has 4 nitrogen and oxygen atoms in total. The molecule has 2 amide bonds. The quantitative estimate of drug-likeness (QED) is 0.763. The third kappa shape index (κ3) is 6.89. The van der Waals surface area contributed by atoms with Crippen molar-refractivity contribution in [1.82, 2.24) is 15.5 Å². The van der Waals surface area contributed by atoms with Crippen LogP contribution < -0.4 is 10.6 Å². The molecule has 0 bridgehead atoms. The van der Waals surface area contributed by atoms with Crippen molar-refractivity contribution in [2.24, 2.45) is 0 Å². The van der Waals surface area contributed by atoms with Gasteiger partial charge in [-0.25, -0.2) is 4.79 Å². The molecule has 4 heteroatoms. The van der Waals surface area contributed by atoms with Crippen LogP contribution in [0.1, 0.15) is 25.0 Å². The molecular weight excluding hydrogens is 322 g/mol. The molecule has 0 aromatic heterocycles. The normalized spacial score (nSPS) is 12.7. The Balaban J connectivity index is 1.85. The van der Waals surface area contributed by atoms with Gasteiger partial charge in [0.05, 0.1) is 0 Å². The molecule has 2 aromatic carbocycles. The molecule has 0 radical (unpaired) electrons. The van der Waals surface area contributed by atoms with Crippen LogP contribution in [-0.4, -0.2) is 43.2 Å². The number of nitrogens with zero attached hydrogens (tertiary/aromatic N) is 1. The number of carbonyl (C=O) groups is 1. The summed E-state index contributed by atoms with van der Waals surface area (Å²) in [7, 11) is 4.10. The molecule has 2 rings (SSSR count). The second kappa shape index (κ2) is 9.39. The van der Waals surface area contributed by atoms with Crippen LogP contribution in [0.5, 0.6) is 0 Å². The van der Waals surface area contributed by atoms with Crippen LogP contribution in [0.25, 0.3) is 0 Å². The summed E-state index contributed by atoms with van der Waals surface area (Å²) in [6, 6.07) is 20.7. The summed E-state index contributed by atoms with van der Waals surface area (Å²) in [4.78, 5) is 14.5. The molecule has 0 heterocycles. The molecule has 0 aliphatic rings. The number of hydrogen-bond donors (Lipinski definition) is 2. The van der Waals surface area contributed by atoms with Crippen molar-refractivity contribution >= 4 is 6.03 Å². The minimum atomic E-state index is -0.307. The van der Waals surface area contributed by atoms with E-state index in [0.717, 1.165) is 12.8 Å². The lowest BCUT2D eigenvalue weighted by molar-refractivity contribution is 0.222.